The average molecular weight is 430 g/mol. The van der Waals surface area contributed by atoms with Crippen molar-refractivity contribution in [1.82, 2.24) is 5.43 Å². The molecule has 0 unspecified atom stereocenters. The topological polar surface area (TPSA) is 109 Å². The minimum atomic E-state index is -0.907. The van der Waals surface area contributed by atoms with Crippen molar-refractivity contribution >= 4 is 35.3 Å². The maximum Gasteiger partial charge on any atom is 0.329 e. The summed E-state index contributed by atoms with van der Waals surface area (Å²) < 4.78 is 5.72. The molecule has 32 heavy (non-hydrogen) atoms. The maximum absolute atomic E-state index is 12.0. The Morgan fingerprint density at radius 3 is 2.06 bits per heavy atom. The van der Waals surface area contributed by atoms with Crippen molar-refractivity contribution in [2.45, 2.75) is 13.5 Å². The molecule has 3 amide bonds. The number of nitrogens with one attached hydrogen (secondary N) is 3. The first kappa shape index (κ1) is 22.2. The van der Waals surface area contributed by atoms with Gasteiger partial charge in [0, 0.05) is 18.3 Å². The minimum absolute atomic E-state index is 0.201. The zero-order chi connectivity index (χ0) is 22.8. The molecule has 0 spiro atoms. The molecule has 0 atom stereocenters. The van der Waals surface area contributed by atoms with Gasteiger partial charge in [0.1, 0.15) is 12.4 Å². The molecule has 0 aliphatic heterocycles. The van der Waals surface area contributed by atoms with Crippen LogP contribution >= 0.6 is 0 Å². The molecule has 162 valence electrons. The lowest BCUT2D eigenvalue weighted by atomic mass is 10.2. The summed E-state index contributed by atoms with van der Waals surface area (Å²) >= 11 is 0. The lowest BCUT2D eigenvalue weighted by Gasteiger charge is -2.06. The van der Waals surface area contributed by atoms with Gasteiger partial charge in [-0.3, -0.25) is 14.4 Å². The first-order valence-corrected chi connectivity index (χ1v) is 9.78. The van der Waals surface area contributed by atoms with E-state index in [1.807, 2.05) is 30.3 Å². The van der Waals surface area contributed by atoms with Gasteiger partial charge in [-0.2, -0.15) is 5.10 Å². The lowest BCUT2D eigenvalue weighted by molar-refractivity contribution is -0.136. The predicted octanol–water partition coefficient (Wildman–Crippen LogP) is 3.31. The Balaban J connectivity index is 1.44. The number of hydrogen-bond acceptors (Lipinski definition) is 5. The number of carbonyl (C=O) groups is 3. The van der Waals surface area contributed by atoms with Crippen LogP contribution in [0.2, 0.25) is 0 Å². The summed E-state index contributed by atoms with van der Waals surface area (Å²) in [6, 6.07) is 23.4. The van der Waals surface area contributed by atoms with Gasteiger partial charge < -0.3 is 15.4 Å². The first-order chi connectivity index (χ1) is 15.5. The number of nitrogens with zero attached hydrogens (tertiary/aromatic N) is 1. The number of carbonyl (C=O) groups excluding carboxylic acids is 3. The molecule has 0 heterocycles. The fourth-order valence-electron chi connectivity index (χ4n) is 2.64. The van der Waals surface area contributed by atoms with Crippen LogP contribution in [0.4, 0.5) is 11.4 Å². The standard InChI is InChI=1S/C24H22N4O4/c1-17(29)26-20-9-11-21(12-10-20)27-23(30)24(31)28-25-15-18-7-13-22(14-8-18)32-16-19-5-3-2-4-6-19/h2-15H,16H2,1H3,(H,26,29)(H,27,30)(H,28,31). The van der Waals surface area contributed by atoms with E-state index in [4.69, 9.17) is 4.74 Å². The Hall–Kier alpha value is -4.46. The Morgan fingerprint density at radius 2 is 1.44 bits per heavy atom. The van der Waals surface area contributed by atoms with Crippen molar-refractivity contribution in [3.63, 3.8) is 0 Å². The van der Waals surface area contributed by atoms with E-state index in [2.05, 4.69) is 21.2 Å². The molecule has 8 nitrogen and oxygen atoms in total. The van der Waals surface area contributed by atoms with Crippen LogP contribution in [0.5, 0.6) is 5.75 Å². The van der Waals surface area contributed by atoms with Gasteiger partial charge in [-0.25, -0.2) is 5.43 Å². The molecule has 0 bridgehead atoms. The van der Waals surface area contributed by atoms with Crippen LogP contribution in [-0.2, 0) is 21.0 Å². The van der Waals surface area contributed by atoms with Gasteiger partial charge in [-0.05, 0) is 59.7 Å². The molecule has 0 aliphatic rings. The van der Waals surface area contributed by atoms with Gasteiger partial charge in [0.05, 0.1) is 6.21 Å². The van der Waals surface area contributed by atoms with Gasteiger partial charge in [0.15, 0.2) is 0 Å². The molecular formula is C24H22N4O4. The van der Waals surface area contributed by atoms with Crippen LogP contribution in [0.25, 0.3) is 0 Å². The van der Waals surface area contributed by atoms with Crippen LogP contribution in [-0.4, -0.2) is 23.9 Å². The van der Waals surface area contributed by atoms with Crippen molar-refractivity contribution in [3.05, 3.63) is 90.0 Å². The summed E-state index contributed by atoms with van der Waals surface area (Å²) in [7, 11) is 0. The zero-order valence-corrected chi connectivity index (χ0v) is 17.4. The van der Waals surface area contributed by atoms with E-state index in [1.165, 1.54) is 13.1 Å². The highest BCUT2D eigenvalue weighted by Gasteiger charge is 2.12. The van der Waals surface area contributed by atoms with E-state index < -0.39 is 11.8 Å². The molecule has 0 saturated heterocycles. The van der Waals surface area contributed by atoms with E-state index in [1.54, 1.807) is 48.5 Å². The first-order valence-electron chi connectivity index (χ1n) is 9.78. The van der Waals surface area contributed by atoms with Crippen molar-refractivity contribution in [2.24, 2.45) is 5.10 Å². The summed E-state index contributed by atoms with van der Waals surface area (Å²) in [5, 5.41) is 8.86. The Kier molecular flexibility index (Phi) is 7.69. The summed E-state index contributed by atoms with van der Waals surface area (Å²) in [6.07, 6.45) is 1.42. The highest BCUT2D eigenvalue weighted by atomic mass is 16.5. The molecule has 3 N–H and O–H groups in total. The van der Waals surface area contributed by atoms with E-state index in [-0.39, 0.29) is 5.91 Å². The van der Waals surface area contributed by atoms with Gasteiger partial charge in [0.25, 0.3) is 0 Å². The molecule has 0 aliphatic carbocycles. The maximum atomic E-state index is 12.0. The Bertz CT molecular complexity index is 1100. The number of hydrogen-bond donors (Lipinski definition) is 3. The monoisotopic (exact) mass is 430 g/mol. The van der Waals surface area contributed by atoms with Crippen molar-refractivity contribution in [1.29, 1.82) is 0 Å². The van der Waals surface area contributed by atoms with Crippen molar-refractivity contribution in [2.75, 3.05) is 10.6 Å². The fraction of sp³-hybridized carbons (Fsp3) is 0.0833. The highest BCUT2D eigenvalue weighted by Crippen LogP contribution is 2.14. The van der Waals surface area contributed by atoms with Crippen LogP contribution in [0.15, 0.2) is 84.0 Å². The molecular weight excluding hydrogens is 408 g/mol. The van der Waals surface area contributed by atoms with Crippen LogP contribution in [0.1, 0.15) is 18.1 Å². The SMILES string of the molecule is CC(=O)Nc1ccc(NC(=O)C(=O)NN=Cc2ccc(OCc3ccccc3)cc2)cc1. The van der Waals surface area contributed by atoms with Crippen LogP contribution in [0.3, 0.4) is 0 Å². The number of amides is 3. The van der Waals surface area contributed by atoms with Crippen LogP contribution < -0.4 is 20.8 Å². The summed E-state index contributed by atoms with van der Waals surface area (Å²) in [6.45, 7) is 1.87. The third kappa shape index (κ3) is 7.10. The molecule has 0 radical (unpaired) electrons. The molecule has 3 rings (SSSR count). The third-order valence-corrected chi connectivity index (χ3v) is 4.18. The second-order valence-electron chi connectivity index (χ2n) is 6.76. The smallest absolute Gasteiger partial charge is 0.329 e. The van der Waals surface area contributed by atoms with Gasteiger partial charge in [-0.15, -0.1) is 0 Å². The van der Waals surface area contributed by atoms with Crippen molar-refractivity contribution < 1.29 is 19.1 Å². The molecule has 0 aromatic heterocycles. The molecule has 0 fully saturated rings. The Labute approximate surface area is 185 Å². The molecule has 0 saturated carbocycles. The summed E-state index contributed by atoms with van der Waals surface area (Å²) in [5.74, 6) is -1.26. The summed E-state index contributed by atoms with van der Waals surface area (Å²) in [4.78, 5) is 34.9. The highest BCUT2D eigenvalue weighted by molar-refractivity contribution is 6.39. The number of ether oxygens (including phenoxy) is 1. The third-order valence-electron chi connectivity index (χ3n) is 4.18. The number of anilines is 2. The second kappa shape index (κ2) is 11.1. The summed E-state index contributed by atoms with van der Waals surface area (Å²) in [5.41, 5.74) is 4.98. The van der Waals surface area contributed by atoms with Gasteiger partial charge in [-0.1, -0.05) is 30.3 Å². The Morgan fingerprint density at radius 1 is 0.812 bits per heavy atom. The fourth-order valence-corrected chi connectivity index (χ4v) is 2.64. The number of hydrazone groups is 1. The largest absolute Gasteiger partial charge is 0.489 e. The minimum Gasteiger partial charge on any atom is -0.489 e. The quantitative estimate of drug-likeness (QED) is 0.303. The molecule has 3 aromatic carbocycles. The van der Waals surface area contributed by atoms with Gasteiger partial charge >= 0.3 is 11.8 Å². The second-order valence-corrected chi connectivity index (χ2v) is 6.76. The van der Waals surface area contributed by atoms with E-state index in [9.17, 15) is 14.4 Å². The lowest BCUT2D eigenvalue weighted by Crippen LogP contribution is -2.32. The van der Waals surface area contributed by atoms with E-state index in [0.717, 1.165) is 11.1 Å². The van der Waals surface area contributed by atoms with E-state index >= 15 is 0 Å². The van der Waals surface area contributed by atoms with Gasteiger partial charge in [0.2, 0.25) is 5.91 Å². The van der Waals surface area contributed by atoms with E-state index in [0.29, 0.717) is 23.7 Å². The zero-order valence-electron chi connectivity index (χ0n) is 17.4. The number of benzene rings is 3. The average Bonchev–Trinajstić information content (AvgIpc) is 2.80. The van der Waals surface area contributed by atoms with Crippen LogP contribution in [0, 0.1) is 0 Å². The molecule has 8 heteroatoms. The molecule has 3 aromatic rings. The normalized spacial score (nSPS) is 10.4. The van der Waals surface area contributed by atoms with Crippen molar-refractivity contribution in [3.8, 4) is 5.75 Å². The predicted molar refractivity (Wildman–Crippen MR) is 122 cm³/mol. The number of rotatable bonds is 7.